The van der Waals surface area contributed by atoms with Gasteiger partial charge in [0, 0.05) is 29.3 Å². The third kappa shape index (κ3) is 2.45. The van der Waals surface area contributed by atoms with Crippen LogP contribution in [0.5, 0.6) is 0 Å². The zero-order valence-electron chi connectivity index (χ0n) is 14.8. The van der Waals surface area contributed by atoms with E-state index in [2.05, 4.69) is 35.7 Å². The number of nitrogens with zero attached hydrogens (tertiary/aromatic N) is 1. The lowest BCUT2D eigenvalue weighted by Gasteiger charge is -2.35. The van der Waals surface area contributed by atoms with E-state index in [9.17, 15) is 4.79 Å². The van der Waals surface area contributed by atoms with Crippen molar-refractivity contribution in [1.29, 1.82) is 5.26 Å². The first-order valence-electron chi connectivity index (χ1n) is 9.31. The summed E-state index contributed by atoms with van der Waals surface area (Å²) in [5.41, 5.74) is 5.90. The van der Waals surface area contributed by atoms with Crippen LogP contribution in [0.25, 0.3) is 10.8 Å². The van der Waals surface area contributed by atoms with Gasteiger partial charge in [0.2, 0.25) is 0 Å². The van der Waals surface area contributed by atoms with Crippen molar-refractivity contribution in [1.82, 2.24) is 0 Å². The number of fused-ring (bicyclic) bond motifs is 3. The smallest absolute Gasteiger partial charge is 0.161 e. The van der Waals surface area contributed by atoms with Crippen molar-refractivity contribution in [3.8, 4) is 6.07 Å². The zero-order valence-corrected chi connectivity index (χ0v) is 14.8. The molecule has 0 fully saturated rings. The predicted molar refractivity (Wildman–Crippen MR) is 106 cm³/mol. The highest BCUT2D eigenvalue weighted by Gasteiger charge is 2.35. The Balaban J connectivity index is 1.81. The molecule has 0 bridgehead atoms. The van der Waals surface area contributed by atoms with Gasteiger partial charge in [0.15, 0.2) is 5.78 Å². The molecule has 1 N–H and O–H groups in total. The van der Waals surface area contributed by atoms with Gasteiger partial charge in [0.25, 0.3) is 0 Å². The van der Waals surface area contributed by atoms with E-state index in [0.717, 1.165) is 40.9 Å². The standard InChI is InChI=1S/C24H18N2O/c25-14-15-8-10-17(11-9-15)22-23-18-5-2-1-4-16(18)12-13-20(23)26-19-6-3-7-21(27)24(19)22/h1-2,4-5,8-13,22,26H,3,6-7H2. The second-order valence-electron chi connectivity index (χ2n) is 7.21. The number of nitrogens with one attached hydrogen (secondary N) is 1. The maximum atomic E-state index is 12.9. The Morgan fingerprint density at radius 2 is 1.78 bits per heavy atom. The fourth-order valence-electron chi connectivity index (χ4n) is 4.43. The summed E-state index contributed by atoms with van der Waals surface area (Å²) < 4.78 is 0. The molecule has 27 heavy (non-hydrogen) atoms. The van der Waals surface area contributed by atoms with Crippen molar-refractivity contribution < 1.29 is 4.79 Å². The molecule has 130 valence electrons. The number of Topliss-reactive ketones (excluding diaryl/α,β-unsaturated/α-hetero) is 1. The highest BCUT2D eigenvalue weighted by atomic mass is 16.1. The van der Waals surface area contributed by atoms with Crippen LogP contribution in [0.15, 0.2) is 71.9 Å². The van der Waals surface area contributed by atoms with Crippen LogP contribution in [0.4, 0.5) is 5.69 Å². The second-order valence-corrected chi connectivity index (χ2v) is 7.21. The minimum absolute atomic E-state index is 0.0945. The van der Waals surface area contributed by atoms with E-state index in [1.807, 2.05) is 36.4 Å². The molecule has 3 aromatic carbocycles. The summed E-state index contributed by atoms with van der Waals surface area (Å²) in [7, 11) is 0. The minimum Gasteiger partial charge on any atom is -0.358 e. The molecule has 1 heterocycles. The quantitative estimate of drug-likeness (QED) is 0.650. The van der Waals surface area contributed by atoms with Crippen LogP contribution in [0, 0.1) is 11.3 Å². The Bertz CT molecular complexity index is 1150. The first-order valence-corrected chi connectivity index (χ1v) is 9.31. The molecule has 1 unspecified atom stereocenters. The van der Waals surface area contributed by atoms with Gasteiger partial charge in [-0.1, -0.05) is 42.5 Å². The van der Waals surface area contributed by atoms with E-state index in [4.69, 9.17) is 5.26 Å². The Hall–Kier alpha value is -3.38. The summed E-state index contributed by atoms with van der Waals surface area (Å²) >= 11 is 0. The van der Waals surface area contributed by atoms with Crippen molar-refractivity contribution in [3.05, 3.63) is 88.6 Å². The van der Waals surface area contributed by atoms with Crippen LogP contribution in [0.2, 0.25) is 0 Å². The third-order valence-electron chi connectivity index (χ3n) is 5.66. The van der Waals surface area contributed by atoms with E-state index in [1.165, 1.54) is 10.8 Å². The molecule has 0 radical (unpaired) electrons. The molecule has 1 aliphatic heterocycles. The lowest BCUT2D eigenvalue weighted by molar-refractivity contribution is -0.116. The number of hydrogen-bond donors (Lipinski definition) is 1. The monoisotopic (exact) mass is 350 g/mol. The van der Waals surface area contributed by atoms with Crippen molar-refractivity contribution in [2.24, 2.45) is 0 Å². The van der Waals surface area contributed by atoms with Crippen LogP contribution in [-0.4, -0.2) is 5.78 Å². The van der Waals surface area contributed by atoms with Gasteiger partial charge in [-0.15, -0.1) is 0 Å². The summed E-state index contributed by atoms with van der Waals surface area (Å²) in [5.74, 6) is 0.139. The summed E-state index contributed by atoms with van der Waals surface area (Å²) in [5, 5.41) is 15.0. The molecule has 0 saturated carbocycles. The SMILES string of the molecule is N#Cc1ccc(C2C3=C(CCCC3=O)Nc3ccc4ccccc4c32)cc1. The van der Waals surface area contributed by atoms with Crippen LogP contribution in [-0.2, 0) is 4.79 Å². The first kappa shape index (κ1) is 15.8. The Labute approximate surface area is 157 Å². The van der Waals surface area contributed by atoms with E-state index in [1.54, 1.807) is 0 Å². The van der Waals surface area contributed by atoms with Gasteiger partial charge < -0.3 is 5.32 Å². The van der Waals surface area contributed by atoms with Crippen molar-refractivity contribution in [2.75, 3.05) is 5.32 Å². The highest BCUT2D eigenvalue weighted by Crippen LogP contribution is 2.47. The molecule has 0 aromatic heterocycles. The second kappa shape index (κ2) is 6.10. The van der Waals surface area contributed by atoms with Gasteiger partial charge >= 0.3 is 0 Å². The summed E-state index contributed by atoms with van der Waals surface area (Å²) in [6, 6.07) is 22.4. The number of ketones is 1. The topological polar surface area (TPSA) is 52.9 Å². The summed E-state index contributed by atoms with van der Waals surface area (Å²) in [6.07, 6.45) is 2.40. The van der Waals surface area contributed by atoms with Crippen molar-refractivity contribution in [3.63, 3.8) is 0 Å². The minimum atomic E-state index is -0.0945. The number of anilines is 1. The fourth-order valence-corrected chi connectivity index (χ4v) is 4.43. The molecule has 3 nitrogen and oxygen atoms in total. The maximum Gasteiger partial charge on any atom is 0.161 e. The van der Waals surface area contributed by atoms with E-state index in [-0.39, 0.29) is 11.7 Å². The molecular formula is C24H18N2O. The summed E-state index contributed by atoms with van der Waals surface area (Å²) in [6.45, 7) is 0. The molecule has 2 aliphatic rings. The van der Waals surface area contributed by atoms with Crippen LogP contribution in [0.1, 0.15) is 41.9 Å². The molecule has 1 atom stereocenters. The zero-order chi connectivity index (χ0) is 18.4. The maximum absolute atomic E-state index is 12.9. The average Bonchev–Trinajstić information content (AvgIpc) is 2.72. The van der Waals surface area contributed by atoms with Crippen LogP contribution < -0.4 is 5.32 Å². The Morgan fingerprint density at radius 1 is 0.963 bits per heavy atom. The van der Waals surface area contributed by atoms with Gasteiger partial charge in [-0.25, -0.2) is 0 Å². The normalized spacial score (nSPS) is 18.5. The van der Waals surface area contributed by atoms with Gasteiger partial charge in [0.1, 0.15) is 0 Å². The molecule has 5 rings (SSSR count). The number of nitriles is 1. The van der Waals surface area contributed by atoms with E-state index >= 15 is 0 Å². The first-order chi connectivity index (χ1) is 13.3. The number of carbonyl (C=O) groups is 1. The van der Waals surface area contributed by atoms with Gasteiger partial charge in [-0.3, -0.25) is 4.79 Å². The number of hydrogen-bond acceptors (Lipinski definition) is 3. The lowest BCUT2D eigenvalue weighted by atomic mass is 9.74. The molecule has 0 spiro atoms. The van der Waals surface area contributed by atoms with Crippen LogP contribution >= 0.6 is 0 Å². The number of benzene rings is 3. The molecule has 0 saturated heterocycles. The number of carbonyl (C=O) groups excluding carboxylic acids is 1. The number of rotatable bonds is 1. The van der Waals surface area contributed by atoms with Crippen molar-refractivity contribution >= 4 is 22.2 Å². The van der Waals surface area contributed by atoms with Gasteiger partial charge in [0.05, 0.1) is 11.6 Å². The summed E-state index contributed by atoms with van der Waals surface area (Å²) in [4.78, 5) is 12.9. The third-order valence-corrected chi connectivity index (χ3v) is 5.66. The number of allylic oxidation sites excluding steroid dienone is 2. The Morgan fingerprint density at radius 3 is 2.59 bits per heavy atom. The average molecular weight is 350 g/mol. The van der Waals surface area contributed by atoms with Gasteiger partial charge in [-0.2, -0.15) is 5.26 Å². The molecule has 3 aromatic rings. The van der Waals surface area contributed by atoms with Crippen LogP contribution in [0.3, 0.4) is 0 Å². The lowest BCUT2D eigenvalue weighted by Crippen LogP contribution is -2.27. The Kier molecular flexibility index (Phi) is 3.58. The highest BCUT2D eigenvalue weighted by molar-refractivity contribution is 6.04. The predicted octanol–water partition coefficient (Wildman–Crippen LogP) is 5.28. The van der Waals surface area contributed by atoms with E-state index < -0.39 is 0 Å². The van der Waals surface area contributed by atoms with Crippen molar-refractivity contribution in [2.45, 2.75) is 25.2 Å². The molecule has 0 amide bonds. The molecule has 3 heteroatoms. The molecule has 1 aliphatic carbocycles. The largest absolute Gasteiger partial charge is 0.358 e. The van der Waals surface area contributed by atoms with Gasteiger partial charge in [-0.05, 0) is 52.9 Å². The van der Waals surface area contributed by atoms with E-state index in [0.29, 0.717) is 12.0 Å². The molecular weight excluding hydrogens is 332 g/mol. The fraction of sp³-hybridized carbons (Fsp3) is 0.167.